The van der Waals surface area contributed by atoms with Crippen molar-refractivity contribution in [2.45, 2.75) is 84.0 Å². The molecule has 2 aromatic carbocycles. The summed E-state index contributed by atoms with van der Waals surface area (Å²) >= 11 is 0. The van der Waals surface area contributed by atoms with Crippen LogP contribution < -0.4 is 0 Å². The molecule has 0 amide bonds. The van der Waals surface area contributed by atoms with E-state index >= 15 is 0 Å². The molecule has 0 heterocycles. The first-order chi connectivity index (χ1) is 15.0. The predicted octanol–water partition coefficient (Wildman–Crippen LogP) is 8.82. The van der Waals surface area contributed by atoms with Gasteiger partial charge in [0.05, 0.1) is 0 Å². The molecule has 0 aliphatic heterocycles. The Kier molecular flexibility index (Phi) is 5.64. The van der Waals surface area contributed by atoms with Crippen LogP contribution in [0.1, 0.15) is 89.1 Å². The lowest BCUT2D eigenvalue weighted by Crippen LogP contribution is -2.34. The third-order valence-electron chi connectivity index (χ3n) is 7.67. The number of fused-ring (bicyclic) bond motifs is 3. The van der Waals surface area contributed by atoms with Crippen LogP contribution in [-0.4, -0.2) is 0 Å². The van der Waals surface area contributed by atoms with Crippen molar-refractivity contribution < 1.29 is 0 Å². The van der Waals surface area contributed by atoms with Crippen LogP contribution in [-0.2, 0) is 22.7 Å². The second kappa shape index (κ2) is 7.91. The van der Waals surface area contributed by atoms with Gasteiger partial charge in [0.2, 0.25) is 0 Å². The Morgan fingerprint density at radius 1 is 0.875 bits per heavy atom. The number of allylic oxidation sites excluding steroid dienone is 5. The number of rotatable bonds is 5. The third kappa shape index (κ3) is 3.83. The second-order valence-corrected chi connectivity index (χ2v) is 12.1. The Morgan fingerprint density at radius 2 is 1.53 bits per heavy atom. The highest BCUT2D eigenvalue weighted by atomic mass is 14.4. The summed E-state index contributed by atoms with van der Waals surface area (Å²) in [6.45, 7) is 20.6. The molecule has 4 rings (SSSR count). The van der Waals surface area contributed by atoms with E-state index < -0.39 is 0 Å². The maximum Gasteiger partial charge on any atom is 0.00475 e. The summed E-state index contributed by atoms with van der Waals surface area (Å²) in [7, 11) is 0. The van der Waals surface area contributed by atoms with Crippen LogP contribution >= 0.6 is 0 Å². The minimum atomic E-state index is 0.0422. The first kappa shape index (κ1) is 22.8. The van der Waals surface area contributed by atoms with Crippen molar-refractivity contribution in [3.63, 3.8) is 0 Å². The Bertz CT molecular complexity index is 1080. The van der Waals surface area contributed by atoms with E-state index in [1.54, 1.807) is 11.1 Å². The van der Waals surface area contributed by atoms with E-state index in [1.807, 2.05) is 0 Å². The molecular weight excluding hydrogens is 384 g/mol. The largest absolute Gasteiger partial charge is 0.103 e. The Balaban J connectivity index is 1.95. The molecule has 2 aromatic rings. The normalized spacial score (nSPS) is 17.3. The van der Waals surface area contributed by atoms with Crippen LogP contribution in [0.5, 0.6) is 0 Å². The quantitative estimate of drug-likeness (QED) is 0.359. The maximum absolute atomic E-state index is 4.06. The molecular formula is C32H40. The van der Waals surface area contributed by atoms with Gasteiger partial charge in [-0.05, 0) is 69.0 Å². The molecule has 32 heavy (non-hydrogen) atoms. The van der Waals surface area contributed by atoms with Crippen LogP contribution in [0.15, 0.2) is 67.3 Å². The van der Waals surface area contributed by atoms with Gasteiger partial charge in [-0.1, -0.05) is 109 Å². The van der Waals surface area contributed by atoms with Crippen LogP contribution in [0.3, 0.4) is 0 Å². The summed E-state index contributed by atoms with van der Waals surface area (Å²) < 4.78 is 0. The molecule has 2 aliphatic rings. The van der Waals surface area contributed by atoms with Crippen molar-refractivity contribution in [3.8, 4) is 11.1 Å². The van der Waals surface area contributed by atoms with Crippen molar-refractivity contribution in [1.82, 2.24) is 0 Å². The summed E-state index contributed by atoms with van der Waals surface area (Å²) in [5.41, 5.74) is 10.7. The van der Waals surface area contributed by atoms with Gasteiger partial charge in [-0.3, -0.25) is 0 Å². The van der Waals surface area contributed by atoms with Crippen LogP contribution in [0.2, 0.25) is 0 Å². The van der Waals surface area contributed by atoms with E-state index in [9.17, 15) is 0 Å². The molecule has 0 N–H and O–H groups in total. The minimum absolute atomic E-state index is 0.0422. The van der Waals surface area contributed by atoms with Crippen LogP contribution in [0.4, 0.5) is 0 Å². The molecule has 0 heteroatoms. The standard InChI is InChI=1S/C32H40/c1-9-10-19-32(8,23-13-11-12-14-23)29-27-21-22-20-24(30(2,3)4)15-16-25(22)26(27)17-18-28(29)31(5,6)7/h9,11-18,20,23H,1,10,19,21H2,2-8H3. The predicted molar refractivity (Wildman–Crippen MR) is 141 cm³/mol. The van der Waals surface area contributed by atoms with E-state index in [-0.39, 0.29) is 16.2 Å². The molecule has 0 radical (unpaired) electrons. The van der Waals surface area contributed by atoms with Crippen molar-refractivity contribution in [2.75, 3.05) is 0 Å². The fourth-order valence-corrected chi connectivity index (χ4v) is 5.74. The van der Waals surface area contributed by atoms with Crippen LogP contribution in [0, 0.1) is 5.92 Å². The zero-order chi connectivity index (χ0) is 23.3. The van der Waals surface area contributed by atoms with Gasteiger partial charge in [-0.2, -0.15) is 0 Å². The number of hydrogen-bond donors (Lipinski definition) is 0. The van der Waals surface area contributed by atoms with Gasteiger partial charge in [0.25, 0.3) is 0 Å². The average Bonchev–Trinajstić information content (AvgIpc) is 3.37. The molecule has 1 unspecified atom stereocenters. The molecule has 0 fully saturated rings. The molecule has 168 valence electrons. The van der Waals surface area contributed by atoms with Gasteiger partial charge < -0.3 is 0 Å². The van der Waals surface area contributed by atoms with Crippen molar-refractivity contribution in [1.29, 1.82) is 0 Å². The molecule has 0 spiro atoms. The Labute approximate surface area is 196 Å². The van der Waals surface area contributed by atoms with Gasteiger partial charge in [-0.15, -0.1) is 6.58 Å². The fraction of sp³-hybridized carbons (Fsp3) is 0.438. The van der Waals surface area contributed by atoms with Crippen molar-refractivity contribution in [2.24, 2.45) is 5.92 Å². The maximum atomic E-state index is 4.06. The highest BCUT2D eigenvalue weighted by molar-refractivity contribution is 5.80. The number of hydrogen-bond acceptors (Lipinski definition) is 0. The monoisotopic (exact) mass is 424 g/mol. The highest BCUT2D eigenvalue weighted by Crippen LogP contribution is 2.51. The third-order valence-corrected chi connectivity index (χ3v) is 7.67. The highest BCUT2D eigenvalue weighted by Gasteiger charge is 2.41. The molecule has 0 aromatic heterocycles. The topological polar surface area (TPSA) is 0 Å². The average molecular weight is 425 g/mol. The van der Waals surface area contributed by atoms with Gasteiger partial charge in [0, 0.05) is 11.3 Å². The fourth-order valence-electron chi connectivity index (χ4n) is 5.74. The molecule has 0 nitrogen and oxygen atoms in total. The van der Waals surface area contributed by atoms with Crippen molar-refractivity contribution in [3.05, 3.63) is 95.1 Å². The molecule has 2 aliphatic carbocycles. The SMILES string of the molecule is C=CCCC(C)(c1c(C(C)(C)C)ccc2c1Cc1cc(C(C)(C)C)ccc1-2)C1C=CC=C1. The lowest BCUT2D eigenvalue weighted by molar-refractivity contribution is 0.364. The van der Waals surface area contributed by atoms with Gasteiger partial charge in [-0.25, -0.2) is 0 Å². The minimum Gasteiger partial charge on any atom is -0.103 e. The van der Waals surface area contributed by atoms with Crippen LogP contribution in [0.25, 0.3) is 11.1 Å². The zero-order valence-corrected chi connectivity index (χ0v) is 21.2. The zero-order valence-electron chi connectivity index (χ0n) is 21.2. The van der Waals surface area contributed by atoms with Crippen molar-refractivity contribution >= 4 is 0 Å². The summed E-state index contributed by atoms with van der Waals surface area (Å²) in [6.07, 6.45) is 14.5. The molecule has 0 saturated carbocycles. The Morgan fingerprint density at radius 3 is 2.12 bits per heavy atom. The van der Waals surface area contributed by atoms with E-state index in [0.29, 0.717) is 5.92 Å². The molecule has 1 atom stereocenters. The first-order valence-corrected chi connectivity index (χ1v) is 12.2. The summed E-state index contributed by atoms with van der Waals surface area (Å²) in [5.74, 6) is 0.420. The van der Waals surface area contributed by atoms with E-state index in [0.717, 1.165) is 19.3 Å². The number of benzene rings is 2. The molecule has 0 bridgehead atoms. The molecule has 0 saturated heterocycles. The summed E-state index contributed by atoms with van der Waals surface area (Å²) in [6, 6.07) is 12.0. The lowest BCUT2D eigenvalue weighted by Gasteiger charge is -2.40. The smallest absolute Gasteiger partial charge is 0.00475 e. The van der Waals surface area contributed by atoms with E-state index in [4.69, 9.17) is 0 Å². The van der Waals surface area contributed by atoms with Gasteiger partial charge in [0.1, 0.15) is 0 Å². The summed E-state index contributed by atoms with van der Waals surface area (Å²) in [4.78, 5) is 0. The second-order valence-electron chi connectivity index (χ2n) is 12.1. The Hall–Kier alpha value is -2.34. The lowest BCUT2D eigenvalue weighted by atomic mass is 9.63. The summed E-state index contributed by atoms with van der Waals surface area (Å²) in [5, 5.41) is 0. The van der Waals surface area contributed by atoms with E-state index in [2.05, 4.69) is 116 Å². The van der Waals surface area contributed by atoms with Gasteiger partial charge in [0.15, 0.2) is 0 Å². The first-order valence-electron chi connectivity index (χ1n) is 12.2. The van der Waals surface area contributed by atoms with Gasteiger partial charge >= 0.3 is 0 Å². The van der Waals surface area contributed by atoms with E-state index in [1.165, 1.54) is 27.8 Å².